The van der Waals surface area contributed by atoms with Gasteiger partial charge in [-0.15, -0.1) is 0 Å². The van der Waals surface area contributed by atoms with Crippen LogP contribution in [0, 0.1) is 11.6 Å². The molecule has 6 heteroatoms. The van der Waals surface area contributed by atoms with E-state index < -0.39 is 11.6 Å². The predicted octanol–water partition coefficient (Wildman–Crippen LogP) is 1.30. The van der Waals surface area contributed by atoms with Crippen LogP contribution in [0.2, 0.25) is 0 Å². The number of carbonyl (C=O) groups is 1. The van der Waals surface area contributed by atoms with Crippen molar-refractivity contribution < 1.29 is 18.3 Å². The lowest BCUT2D eigenvalue weighted by molar-refractivity contribution is -0.135. The van der Waals surface area contributed by atoms with E-state index in [1.807, 2.05) is 0 Å². The standard InChI is InChI=1S/C14H18F2N2O2/c15-12-1-2-13(16)11(9-12)10-17-4-3-14(19)18-5-7-20-8-6-18/h1-2,9,17H,3-8,10H2. The lowest BCUT2D eigenvalue weighted by Crippen LogP contribution is -2.41. The van der Waals surface area contributed by atoms with Gasteiger partial charge >= 0.3 is 0 Å². The number of morpholine rings is 1. The molecule has 1 amide bonds. The summed E-state index contributed by atoms with van der Waals surface area (Å²) in [7, 11) is 0. The number of carbonyl (C=O) groups excluding carboxylic acids is 1. The SMILES string of the molecule is O=C(CCNCc1cc(F)ccc1F)N1CCOCC1. The molecule has 110 valence electrons. The highest BCUT2D eigenvalue weighted by molar-refractivity contribution is 5.76. The van der Waals surface area contributed by atoms with E-state index in [1.165, 1.54) is 0 Å². The maximum absolute atomic E-state index is 13.4. The summed E-state index contributed by atoms with van der Waals surface area (Å²) in [6.07, 6.45) is 0.344. The Morgan fingerprint density at radius 2 is 2.05 bits per heavy atom. The lowest BCUT2D eigenvalue weighted by Gasteiger charge is -2.26. The number of amides is 1. The van der Waals surface area contributed by atoms with E-state index in [1.54, 1.807) is 4.90 Å². The van der Waals surface area contributed by atoms with Crippen molar-refractivity contribution in [2.24, 2.45) is 0 Å². The molecule has 1 saturated heterocycles. The van der Waals surface area contributed by atoms with Gasteiger partial charge in [-0.3, -0.25) is 4.79 Å². The van der Waals surface area contributed by atoms with E-state index in [9.17, 15) is 13.6 Å². The third-order valence-corrected chi connectivity index (χ3v) is 3.20. The summed E-state index contributed by atoms with van der Waals surface area (Å²) in [6.45, 7) is 3.04. The van der Waals surface area contributed by atoms with E-state index >= 15 is 0 Å². The first-order chi connectivity index (χ1) is 9.66. The van der Waals surface area contributed by atoms with Gasteiger partial charge < -0.3 is 15.0 Å². The number of hydrogen-bond donors (Lipinski definition) is 1. The van der Waals surface area contributed by atoms with Crippen LogP contribution in [-0.2, 0) is 16.1 Å². The molecule has 4 nitrogen and oxygen atoms in total. The maximum Gasteiger partial charge on any atom is 0.224 e. The van der Waals surface area contributed by atoms with Crippen molar-refractivity contribution in [1.82, 2.24) is 10.2 Å². The molecule has 1 N–H and O–H groups in total. The van der Waals surface area contributed by atoms with Crippen LogP contribution >= 0.6 is 0 Å². The normalized spacial score (nSPS) is 15.4. The second-order valence-electron chi connectivity index (χ2n) is 4.66. The first-order valence-electron chi connectivity index (χ1n) is 6.67. The number of benzene rings is 1. The van der Waals surface area contributed by atoms with Crippen LogP contribution in [0.25, 0.3) is 0 Å². The van der Waals surface area contributed by atoms with Crippen molar-refractivity contribution in [1.29, 1.82) is 0 Å². The summed E-state index contributed by atoms with van der Waals surface area (Å²) in [5, 5.41) is 2.95. The van der Waals surface area contributed by atoms with Gasteiger partial charge in [0.1, 0.15) is 11.6 Å². The molecule has 1 aliphatic heterocycles. The number of rotatable bonds is 5. The first kappa shape index (κ1) is 14.9. The summed E-state index contributed by atoms with van der Waals surface area (Å²) >= 11 is 0. The van der Waals surface area contributed by atoms with Crippen LogP contribution in [0.5, 0.6) is 0 Å². The van der Waals surface area contributed by atoms with Gasteiger partial charge in [-0.25, -0.2) is 8.78 Å². The molecule has 0 radical (unpaired) electrons. The molecular weight excluding hydrogens is 266 g/mol. The lowest BCUT2D eigenvalue weighted by atomic mass is 10.2. The van der Waals surface area contributed by atoms with Crippen molar-refractivity contribution in [2.45, 2.75) is 13.0 Å². The van der Waals surface area contributed by atoms with E-state index in [0.29, 0.717) is 39.3 Å². The average molecular weight is 284 g/mol. The molecule has 0 aliphatic carbocycles. The minimum absolute atomic E-state index is 0.0560. The molecule has 0 spiro atoms. The maximum atomic E-state index is 13.4. The second-order valence-corrected chi connectivity index (χ2v) is 4.66. The quantitative estimate of drug-likeness (QED) is 0.829. The van der Waals surface area contributed by atoms with Gasteiger partial charge in [0.15, 0.2) is 0 Å². The highest BCUT2D eigenvalue weighted by atomic mass is 19.1. The zero-order valence-corrected chi connectivity index (χ0v) is 11.2. The van der Waals surface area contributed by atoms with Crippen molar-refractivity contribution in [3.63, 3.8) is 0 Å². The smallest absolute Gasteiger partial charge is 0.224 e. The van der Waals surface area contributed by atoms with Crippen LogP contribution < -0.4 is 5.32 Å². The Bertz CT molecular complexity index is 462. The fourth-order valence-corrected chi connectivity index (χ4v) is 2.07. The molecule has 20 heavy (non-hydrogen) atoms. The first-order valence-corrected chi connectivity index (χ1v) is 6.67. The molecule has 0 saturated carbocycles. The zero-order chi connectivity index (χ0) is 14.4. The van der Waals surface area contributed by atoms with Crippen molar-refractivity contribution >= 4 is 5.91 Å². The highest BCUT2D eigenvalue weighted by Crippen LogP contribution is 2.09. The Hall–Kier alpha value is -1.53. The van der Waals surface area contributed by atoms with Gasteiger partial charge in [0.2, 0.25) is 5.91 Å². The van der Waals surface area contributed by atoms with Gasteiger partial charge in [0.05, 0.1) is 13.2 Å². The summed E-state index contributed by atoms with van der Waals surface area (Å²) in [6, 6.07) is 3.35. The Labute approximate surface area is 116 Å². The summed E-state index contributed by atoms with van der Waals surface area (Å²) in [5.74, 6) is -0.855. The van der Waals surface area contributed by atoms with Gasteiger partial charge in [-0.1, -0.05) is 0 Å². The molecule has 1 fully saturated rings. The average Bonchev–Trinajstić information content (AvgIpc) is 2.47. The summed E-state index contributed by atoms with van der Waals surface area (Å²) in [4.78, 5) is 13.6. The van der Waals surface area contributed by atoms with Gasteiger partial charge in [-0.05, 0) is 18.2 Å². The van der Waals surface area contributed by atoms with E-state index in [2.05, 4.69) is 5.32 Å². The van der Waals surface area contributed by atoms with Gasteiger partial charge in [0, 0.05) is 38.2 Å². The number of nitrogens with one attached hydrogen (secondary N) is 1. The Kier molecular flexibility index (Phi) is 5.43. The minimum Gasteiger partial charge on any atom is -0.378 e. The fraction of sp³-hybridized carbons (Fsp3) is 0.500. The van der Waals surface area contributed by atoms with Gasteiger partial charge in [-0.2, -0.15) is 0 Å². The number of hydrogen-bond acceptors (Lipinski definition) is 3. The molecular formula is C14H18F2N2O2. The Morgan fingerprint density at radius 3 is 2.80 bits per heavy atom. The fourth-order valence-electron chi connectivity index (χ4n) is 2.07. The summed E-state index contributed by atoms with van der Waals surface area (Å²) in [5.41, 5.74) is 0.267. The Balaban J connectivity index is 1.70. The second kappa shape index (κ2) is 7.31. The molecule has 1 aliphatic rings. The largest absolute Gasteiger partial charge is 0.378 e. The third-order valence-electron chi connectivity index (χ3n) is 3.20. The third kappa shape index (κ3) is 4.25. The van der Waals surface area contributed by atoms with E-state index in [-0.39, 0.29) is 18.0 Å². The molecule has 0 bridgehead atoms. The number of ether oxygens (including phenoxy) is 1. The highest BCUT2D eigenvalue weighted by Gasteiger charge is 2.15. The number of nitrogens with zero attached hydrogens (tertiary/aromatic N) is 1. The van der Waals surface area contributed by atoms with Crippen LogP contribution in [0.3, 0.4) is 0 Å². The van der Waals surface area contributed by atoms with E-state index in [0.717, 1.165) is 18.2 Å². The molecule has 1 aromatic rings. The topological polar surface area (TPSA) is 41.6 Å². The molecule has 1 aromatic carbocycles. The van der Waals surface area contributed by atoms with Crippen molar-refractivity contribution in [3.8, 4) is 0 Å². The predicted molar refractivity (Wildman–Crippen MR) is 70.1 cm³/mol. The zero-order valence-electron chi connectivity index (χ0n) is 11.2. The van der Waals surface area contributed by atoms with E-state index in [4.69, 9.17) is 4.74 Å². The summed E-state index contributed by atoms with van der Waals surface area (Å²) < 4.78 is 31.5. The molecule has 2 rings (SSSR count). The Morgan fingerprint density at radius 1 is 1.30 bits per heavy atom. The van der Waals surface area contributed by atoms with Crippen LogP contribution in [0.15, 0.2) is 18.2 Å². The van der Waals surface area contributed by atoms with Crippen LogP contribution in [0.4, 0.5) is 8.78 Å². The van der Waals surface area contributed by atoms with Crippen LogP contribution in [-0.4, -0.2) is 43.7 Å². The molecule has 0 aromatic heterocycles. The van der Waals surface area contributed by atoms with Crippen LogP contribution in [0.1, 0.15) is 12.0 Å². The monoisotopic (exact) mass is 284 g/mol. The van der Waals surface area contributed by atoms with Crippen molar-refractivity contribution in [2.75, 3.05) is 32.8 Å². The molecule has 1 heterocycles. The molecule has 0 unspecified atom stereocenters. The minimum atomic E-state index is -0.465. The molecule has 0 atom stereocenters. The number of halogens is 2. The van der Waals surface area contributed by atoms with Gasteiger partial charge in [0.25, 0.3) is 0 Å². The van der Waals surface area contributed by atoms with Crippen molar-refractivity contribution in [3.05, 3.63) is 35.4 Å².